The molecule has 10 nitrogen and oxygen atoms in total. The first-order valence-electron chi connectivity index (χ1n) is 9.77. The summed E-state index contributed by atoms with van der Waals surface area (Å²) in [7, 11) is 0. The minimum Gasteiger partial charge on any atom is -0.360 e. The fourth-order valence-corrected chi connectivity index (χ4v) is 3.13. The van der Waals surface area contributed by atoms with E-state index in [4.69, 9.17) is 0 Å². The molecule has 0 spiro atoms. The third kappa shape index (κ3) is 5.78. The molecule has 3 rings (SSSR count). The molecule has 3 amide bonds. The molecular formula is C21H23N5O5. The molecule has 0 bridgehead atoms. The lowest BCUT2D eigenvalue weighted by molar-refractivity contribution is -0.384. The summed E-state index contributed by atoms with van der Waals surface area (Å²) in [6.07, 6.45) is 0. The third-order valence-electron chi connectivity index (χ3n) is 4.87. The number of hydrogen-bond donors (Lipinski definition) is 3. The Morgan fingerprint density at radius 2 is 1.97 bits per heavy atom. The maximum absolute atomic E-state index is 12.3. The van der Waals surface area contributed by atoms with Crippen molar-refractivity contribution >= 4 is 29.1 Å². The SMILES string of the molecule is CC(NC(=O)c1cccc([N+](=O)[O-])c1)C(=O)NCc1ccc(N2CCNC(=O)C2)cc1. The van der Waals surface area contributed by atoms with Crippen LogP contribution in [0.1, 0.15) is 22.8 Å². The molecule has 2 aromatic carbocycles. The smallest absolute Gasteiger partial charge is 0.270 e. The van der Waals surface area contributed by atoms with Crippen molar-refractivity contribution in [2.24, 2.45) is 0 Å². The quantitative estimate of drug-likeness (QED) is 0.447. The van der Waals surface area contributed by atoms with Crippen molar-refractivity contribution in [3.63, 3.8) is 0 Å². The molecule has 10 heteroatoms. The molecule has 1 unspecified atom stereocenters. The van der Waals surface area contributed by atoms with E-state index in [0.29, 0.717) is 13.1 Å². The van der Waals surface area contributed by atoms with Crippen LogP contribution < -0.4 is 20.9 Å². The predicted octanol–water partition coefficient (Wildman–Crippen LogP) is 0.966. The van der Waals surface area contributed by atoms with Gasteiger partial charge in [0.2, 0.25) is 11.8 Å². The molecule has 1 fully saturated rings. The van der Waals surface area contributed by atoms with Gasteiger partial charge >= 0.3 is 0 Å². The number of piperazine rings is 1. The van der Waals surface area contributed by atoms with Gasteiger partial charge in [-0.15, -0.1) is 0 Å². The van der Waals surface area contributed by atoms with Gasteiger partial charge < -0.3 is 20.9 Å². The summed E-state index contributed by atoms with van der Waals surface area (Å²) in [6.45, 7) is 3.48. The molecule has 162 valence electrons. The summed E-state index contributed by atoms with van der Waals surface area (Å²) in [5.74, 6) is -0.958. The zero-order chi connectivity index (χ0) is 22.4. The molecule has 1 aliphatic heterocycles. The lowest BCUT2D eigenvalue weighted by Gasteiger charge is -2.28. The molecule has 2 aromatic rings. The molecule has 31 heavy (non-hydrogen) atoms. The molecular weight excluding hydrogens is 402 g/mol. The van der Waals surface area contributed by atoms with Gasteiger partial charge in [0.1, 0.15) is 6.04 Å². The van der Waals surface area contributed by atoms with Crippen LogP contribution in [0, 0.1) is 10.1 Å². The fourth-order valence-electron chi connectivity index (χ4n) is 3.13. The molecule has 1 aliphatic rings. The highest BCUT2D eigenvalue weighted by atomic mass is 16.6. The van der Waals surface area contributed by atoms with Gasteiger partial charge in [-0.1, -0.05) is 18.2 Å². The summed E-state index contributed by atoms with van der Waals surface area (Å²) >= 11 is 0. The van der Waals surface area contributed by atoms with Crippen molar-refractivity contribution in [2.75, 3.05) is 24.5 Å². The van der Waals surface area contributed by atoms with E-state index in [1.807, 2.05) is 29.2 Å². The van der Waals surface area contributed by atoms with E-state index < -0.39 is 16.9 Å². The highest BCUT2D eigenvalue weighted by Gasteiger charge is 2.19. The zero-order valence-corrected chi connectivity index (χ0v) is 17.0. The lowest BCUT2D eigenvalue weighted by atomic mass is 10.1. The van der Waals surface area contributed by atoms with Crippen LogP contribution in [-0.4, -0.2) is 48.3 Å². The molecule has 0 saturated carbocycles. The number of carbonyl (C=O) groups excluding carboxylic acids is 3. The second kappa shape index (κ2) is 9.70. The Hall–Kier alpha value is -3.95. The number of benzene rings is 2. The second-order valence-corrected chi connectivity index (χ2v) is 7.16. The number of amides is 3. The first-order chi connectivity index (χ1) is 14.8. The first-order valence-corrected chi connectivity index (χ1v) is 9.77. The van der Waals surface area contributed by atoms with Crippen LogP contribution in [0.15, 0.2) is 48.5 Å². The number of non-ortho nitro benzene ring substituents is 1. The number of anilines is 1. The maximum Gasteiger partial charge on any atom is 0.270 e. The van der Waals surface area contributed by atoms with E-state index in [1.54, 1.807) is 0 Å². The summed E-state index contributed by atoms with van der Waals surface area (Å²) in [5.41, 5.74) is 1.72. The summed E-state index contributed by atoms with van der Waals surface area (Å²) in [6, 6.07) is 12.0. The Balaban J connectivity index is 1.50. The minimum absolute atomic E-state index is 0.0104. The number of nitro benzene ring substituents is 1. The third-order valence-corrected chi connectivity index (χ3v) is 4.87. The predicted molar refractivity (Wildman–Crippen MR) is 114 cm³/mol. The Bertz CT molecular complexity index is 992. The average Bonchev–Trinajstić information content (AvgIpc) is 2.77. The number of nitrogens with one attached hydrogen (secondary N) is 3. The molecule has 0 aliphatic carbocycles. The van der Waals surface area contributed by atoms with Gasteiger partial charge in [0.25, 0.3) is 11.6 Å². The Morgan fingerprint density at radius 1 is 1.23 bits per heavy atom. The second-order valence-electron chi connectivity index (χ2n) is 7.16. The van der Waals surface area contributed by atoms with Crippen molar-refractivity contribution in [1.82, 2.24) is 16.0 Å². The van der Waals surface area contributed by atoms with Gasteiger partial charge in [-0.05, 0) is 30.7 Å². The Kier molecular flexibility index (Phi) is 6.81. The Morgan fingerprint density at radius 3 is 2.65 bits per heavy atom. The van der Waals surface area contributed by atoms with Crippen molar-refractivity contribution in [3.05, 3.63) is 69.8 Å². The van der Waals surface area contributed by atoms with Crippen LogP contribution in [0.4, 0.5) is 11.4 Å². The van der Waals surface area contributed by atoms with E-state index in [0.717, 1.165) is 23.9 Å². The van der Waals surface area contributed by atoms with Gasteiger partial charge in [0, 0.05) is 43.0 Å². The molecule has 1 saturated heterocycles. The molecule has 0 radical (unpaired) electrons. The van der Waals surface area contributed by atoms with Crippen LogP contribution in [0.25, 0.3) is 0 Å². The van der Waals surface area contributed by atoms with Gasteiger partial charge in [-0.25, -0.2) is 0 Å². The van der Waals surface area contributed by atoms with E-state index in [2.05, 4.69) is 16.0 Å². The van der Waals surface area contributed by atoms with Gasteiger partial charge in [0.15, 0.2) is 0 Å². The monoisotopic (exact) mass is 425 g/mol. The lowest BCUT2D eigenvalue weighted by Crippen LogP contribution is -2.47. The molecule has 1 heterocycles. The van der Waals surface area contributed by atoms with Crippen LogP contribution in [-0.2, 0) is 16.1 Å². The molecule has 0 aromatic heterocycles. The van der Waals surface area contributed by atoms with E-state index in [-0.39, 0.29) is 29.6 Å². The molecule has 3 N–H and O–H groups in total. The van der Waals surface area contributed by atoms with Crippen molar-refractivity contribution in [1.29, 1.82) is 0 Å². The summed E-state index contributed by atoms with van der Waals surface area (Å²) in [4.78, 5) is 48.3. The van der Waals surface area contributed by atoms with Crippen molar-refractivity contribution < 1.29 is 19.3 Å². The number of hydrogen-bond acceptors (Lipinski definition) is 6. The number of rotatable bonds is 7. The maximum atomic E-state index is 12.3. The number of nitrogens with zero attached hydrogens (tertiary/aromatic N) is 2. The topological polar surface area (TPSA) is 134 Å². The van der Waals surface area contributed by atoms with Crippen LogP contribution >= 0.6 is 0 Å². The van der Waals surface area contributed by atoms with Crippen molar-refractivity contribution in [2.45, 2.75) is 19.5 Å². The van der Waals surface area contributed by atoms with Crippen LogP contribution in [0.3, 0.4) is 0 Å². The van der Waals surface area contributed by atoms with Gasteiger partial charge in [-0.2, -0.15) is 0 Å². The Labute approximate surface area is 178 Å². The summed E-state index contributed by atoms with van der Waals surface area (Å²) in [5, 5.41) is 18.9. The van der Waals surface area contributed by atoms with Crippen molar-refractivity contribution in [3.8, 4) is 0 Å². The largest absolute Gasteiger partial charge is 0.360 e. The average molecular weight is 425 g/mol. The van der Waals surface area contributed by atoms with E-state index in [1.165, 1.54) is 25.1 Å². The van der Waals surface area contributed by atoms with Gasteiger partial charge in [-0.3, -0.25) is 24.5 Å². The van der Waals surface area contributed by atoms with E-state index >= 15 is 0 Å². The highest BCUT2D eigenvalue weighted by molar-refractivity contribution is 5.97. The zero-order valence-electron chi connectivity index (χ0n) is 17.0. The number of carbonyl (C=O) groups is 3. The number of nitro groups is 1. The highest BCUT2D eigenvalue weighted by Crippen LogP contribution is 2.16. The normalized spacial score (nSPS) is 14.4. The van der Waals surface area contributed by atoms with Crippen LogP contribution in [0.2, 0.25) is 0 Å². The minimum atomic E-state index is -0.821. The van der Waals surface area contributed by atoms with Crippen LogP contribution in [0.5, 0.6) is 0 Å². The fraction of sp³-hybridized carbons (Fsp3) is 0.286. The van der Waals surface area contributed by atoms with E-state index in [9.17, 15) is 24.5 Å². The molecule has 1 atom stereocenters. The first kappa shape index (κ1) is 21.8. The standard InChI is InChI=1S/C21H23N5O5/c1-14(24-21(29)16-3-2-4-18(11-16)26(30)31)20(28)23-12-15-5-7-17(8-6-15)25-10-9-22-19(27)13-25/h2-8,11,14H,9-10,12-13H2,1H3,(H,22,27)(H,23,28)(H,24,29). The van der Waals surface area contributed by atoms with Gasteiger partial charge in [0.05, 0.1) is 11.5 Å². The summed E-state index contributed by atoms with van der Waals surface area (Å²) < 4.78 is 0.